The first-order chi connectivity index (χ1) is 13.2. The van der Waals surface area contributed by atoms with Crippen molar-refractivity contribution in [2.45, 2.75) is 37.5 Å². The zero-order valence-corrected chi connectivity index (χ0v) is 15.6. The molecule has 5 rings (SSSR count). The normalized spacial score (nSPS) is 17.9. The van der Waals surface area contributed by atoms with Crippen LogP contribution in [-0.4, -0.2) is 21.5 Å². The molecule has 3 aromatic rings. The average molecular weight is 376 g/mol. The Morgan fingerprint density at radius 1 is 1.07 bits per heavy atom. The Hall–Kier alpha value is -2.71. The molecule has 0 N–H and O–H groups in total. The number of pyridine rings is 1. The molecule has 0 amide bonds. The topological polar surface area (TPSA) is 65.7 Å². The van der Waals surface area contributed by atoms with Crippen LogP contribution in [0.4, 0.5) is 11.5 Å². The molecule has 1 spiro atoms. The van der Waals surface area contributed by atoms with E-state index in [1.54, 1.807) is 12.4 Å². The number of anilines is 2. The molecular weight excluding hydrogens is 358 g/mol. The summed E-state index contributed by atoms with van der Waals surface area (Å²) in [6.45, 7) is 0.859. The summed E-state index contributed by atoms with van der Waals surface area (Å²) in [5, 5.41) is 9.84. The predicted molar refractivity (Wildman–Crippen MR) is 105 cm³/mol. The molecule has 0 bridgehead atoms. The fourth-order valence-corrected chi connectivity index (χ4v) is 4.83. The Labute approximate surface area is 162 Å². The summed E-state index contributed by atoms with van der Waals surface area (Å²) < 4.78 is 0. The first-order valence-corrected chi connectivity index (χ1v) is 9.67. The van der Waals surface area contributed by atoms with Gasteiger partial charge in [0.1, 0.15) is 17.0 Å². The molecule has 6 heteroatoms. The molecule has 134 valence electrons. The maximum absolute atomic E-state index is 9.40. The number of hydrogen-bond donors (Lipinski definition) is 0. The average Bonchev–Trinajstić information content (AvgIpc) is 3.01. The Bertz CT molecular complexity index is 1080. The van der Waals surface area contributed by atoms with Gasteiger partial charge in [-0.05, 0) is 48.7 Å². The Kier molecular flexibility index (Phi) is 3.76. The lowest BCUT2D eigenvalue weighted by atomic mass is 9.70. The van der Waals surface area contributed by atoms with Gasteiger partial charge in [0.15, 0.2) is 5.82 Å². The molecule has 0 unspecified atom stereocenters. The second kappa shape index (κ2) is 6.17. The SMILES string of the molecule is N#Cc1ccc2c(c1)C1(CCCCC1)CN2c1ncnc2ccc(Cl)nc12. The molecule has 0 saturated heterocycles. The van der Waals surface area contributed by atoms with Crippen LogP contribution in [0.3, 0.4) is 0 Å². The third-order valence-electron chi connectivity index (χ3n) is 5.94. The molecule has 1 saturated carbocycles. The maximum Gasteiger partial charge on any atom is 0.163 e. The van der Waals surface area contributed by atoms with Crippen molar-refractivity contribution in [2.24, 2.45) is 0 Å². The number of aromatic nitrogens is 3. The highest BCUT2D eigenvalue weighted by molar-refractivity contribution is 6.29. The summed E-state index contributed by atoms with van der Waals surface area (Å²) in [5.74, 6) is 0.788. The van der Waals surface area contributed by atoms with E-state index in [0.29, 0.717) is 16.2 Å². The highest BCUT2D eigenvalue weighted by Gasteiger charge is 2.44. The number of rotatable bonds is 1. The van der Waals surface area contributed by atoms with Gasteiger partial charge in [0, 0.05) is 17.6 Å². The largest absolute Gasteiger partial charge is 0.323 e. The molecule has 1 aliphatic heterocycles. The fraction of sp³-hybridized carbons (Fsp3) is 0.333. The van der Waals surface area contributed by atoms with Crippen LogP contribution < -0.4 is 4.90 Å². The minimum atomic E-state index is 0.0797. The van der Waals surface area contributed by atoms with Crippen LogP contribution in [0.1, 0.15) is 43.2 Å². The van der Waals surface area contributed by atoms with E-state index in [1.165, 1.54) is 24.8 Å². The van der Waals surface area contributed by atoms with E-state index in [1.807, 2.05) is 12.1 Å². The standard InChI is InChI=1S/C21H18ClN5/c22-18-7-5-16-19(26-18)20(25-13-24-16)27-12-21(8-2-1-3-9-21)15-10-14(11-23)4-6-17(15)27/h4-7,10,13H,1-3,8-9,12H2. The van der Waals surface area contributed by atoms with Crippen LogP contribution in [0.2, 0.25) is 5.15 Å². The van der Waals surface area contributed by atoms with Crippen LogP contribution in [0, 0.1) is 11.3 Å². The molecule has 0 atom stereocenters. The lowest BCUT2D eigenvalue weighted by Gasteiger charge is -2.34. The number of hydrogen-bond acceptors (Lipinski definition) is 5. The van der Waals surface area contributed by atoms with Crippen molar-refractivity contribution in [2.75, 3.05) is 11.4 Å². The Balaban J connectivity index is 1.72. The quantitative estimate of drug-likeness (QED) is 0.566. The van der Waals surface area contributed by atoms with Crippen LogP contribution in [-0.2, 0) is 5.41 Å². The highest BCUT2D eigenvalue weighted by atomic mass is 35.5. The van der Waals surface area contributed by atoms with Gasteiger partial charge < -0.3 is 4.90 Å². The van der Waals surface area contributed by atoms with Gasteiger partial charge in [-0.2, -0.15) is 5.26 Å². The molecule has 27 heavy (non-hydrogen) atoms. The van der Waals surface area contributed by atoms with E-state index in [4.69, 9.17) is 11.6 Å². The number of benzene rings is 1. The van der Waals surface area contributed by atoms with Crippen molar-refractivity contribution < 1.29 is 0 Å². The third kappa shape index (κ3) is 2.55. The van der Waals surface area contributed by atoms with Gasteiger partial charge in [-0.1, -0.05) is 30.9 Å². The van der Waals surface area contributed by atoms with Gasteiger partial charge in [0.05, 0.1) is 17.1 Å². The van der Waals surface area contributed by atoms with Crippen LogP contribution in [0.15, 0.2) is 36.7 Å². The van der Waals surface area contributed by atoms with Crippen LogP contribution in [0.25, 0.3) is 11.0 Å². The summed E-state index contributed by atoms with van der Waals surface area (Å²) in [4.78, 5) is 15.7. The molecule has 2 aromatic heterocycles. The summed E-state index contributed by atoms with van der Waals surface area (Å²) >= 11 is 6.16. The second-order valence-corrected chi connectivity index (χ2v) is 7.86. The zero-order valence-electron chi connectivity index (χ0n) is 14.8. The molecule has 5 nitrogen and oxygen atoms in total. The zero-order chi connectivity index (χ0) is 18.4. The summed E-state index contributed by atoms with van der Waals surface area (Å²) in [6, 6.07) is 11.9. The van der Waals surface area contributed by atoms with Gasteiger partial charge in [-0.3, -0.25) is 0 Å². The molecule has 1 aromatic carbocycles. The van der Waals surface area contributed by atoms with Crippen molar-refractivity contribution in [1.82, 2.24) is 15.0 Å². The molecule has 1 fully saturated rings. The first-order valence-electron chi connectivity index (χ1n) is 9.30. The van der Waals surface area contributed by atoms with E-state index in [2.05, 4.69) is 38.1 Å². The maximum atomic E-state index is 9.40. The highest BCUT2D eigenvalue weighted by Crippen LogP contribution is 2.51. The van der Waals surface area contributed by atoms with Gasteiger partial charge in [0.2, 0.25) is 0 Å². The summed E-state index contributed by atoms with van der Waals surface area (Å²) in [7, 11) is 0. The van der Waals surface area contributed by atoms with E-state index in [0.717, 1.165) is 36.4 Å². The van der Waals surface area contributed by atoms with E-state index in [-0.39, 0.29) is 5.41 Å². The number of nitriles is 1. The molecule has 0 radical (unpaired) electrons. The van der Waals surface area contributed by atoms with Crippen molar-refractivity contribution in [3.8, 4) is 6.07 Å². The van der Waals surface area contributed by atoms with Gasteiger partial charge in [-0.15, -0.1) is 0 Å². The minimum absolute atomic E-state index is 0.0797. The predicted octanol–water partition coefficient (Wildman–Crippen LogP) is 4.90. The van der Waals surface area contributed by atoms with Crippen molar-refractivity contribution in [1.29, 1.82) is 5.26 Å². The molecule has 3 heterocycles. The lowest BCUT2D eigenvalue weighted by Crippen LogP contribution is -2.34. The minimum Gasteiger partial charge on any atom is -0.323 e. The summed E-state index contributed by atoms with van der Waals surface area (Å²) in [6.07, 6.45) is 7.59. The van der Waals surface area contributed by atoms with Crippen LogP contribution in [0.5, 0.6) is 0 Å². The first kappa shape index (κ1) is 16.5. The van der Waals surface area contributed by atoms with E-state index < -0.39 is 0 Å². The Morgan fingerprint density at radius 2 is 1.93 bits per heavy atom. The van der Waals surface area contributed by atoms with Crippen molar-refractivity contribution in [3.63, 3.8) is 0 Å². The monoisotopic (exact) mass is 375 g/mol. The summed E-state index contributed by atoms with van der Waals surface area (Å²) in [5.41, 5.74) is 4.69. The van der Waals surface area contributed by atoms with Gasteiger partial charge in [-0.25, -0.2) is 15.0 Å². The van der Waals surface area contributed by atoms with E-state index >= 15 is 0 Å². The van der Waals surface area contributed by atoms with Crippen LogP contribution >= 0.6 is 11.6 Å². The smallest absolute Gasteiger partial charge is 0.163 e. The second-order valence-electron chi connectivity index (χ2n) is 7.47. The van der Waals surface area contributed by atoms with Gasteiger partial charge >= 0.3 is 0 Å². The number of halogens is 1. The molecule has 1 aliphatic carbocycles. The third-order valence-corrected chi connectivity index (χ3v) is 6.15. The fourth-order valence-electron chi connectivity index (χ4n) is 4.68. The number of fused-ring (bicyclic) bond motifs is 3. The van der Waals surface area contributed by atoms with Crippen molar-refractivity contribution in [3.05, 3.63) is 52.9 Å². The van der Waals surface area contributed by atoms with Crippen molar-refractivity contribution >= 4 is 34.1 Å². The number of nitrogens with zero attached hydrogens (tertiary/aromatic N) is 5. The van der Waals surface area contributed by atoms with Gasteiger partial charge in [0.25, 0.3) is 0 Å². The molecule has 2 aliphatic rings. The Morgan fingerprint density at radius 3 is 2.74 bits per heavy atom. The van der Waals surface area contributed by atoms with E-state index in [9.17, 15) is 5.26 Å². The lowest BCUT2D eigenvalue weighted by molar-refractivity contribution is 0.314. The molecular formula is C21H18ClN5.